The van der Waals surface area contributed by atoms with Crippen LogP contribution in [0.2, 0.25) is 0 Å². The minimum atomic E-state index is -0.533. The summed E-state index contributed by atoms with van der Waals surface area (Å²) in [6.07, 6.45) is 1.76. The number of rotatable bonds is 4. The molecule has 0 aromatic heterocycles. The number of nitrogens with two attached hydrogens (primary N) is 1. The second-order valence-corrected chi connectivity index (χ2v) is 4.97. The molecule has 0 radical (unpaired) electrons. The van der Waals surface area contributed by atoms with Crippen molar-refractivity contribution in [1.29, 1.82) is 0 Å². The van der Waals surface area contributed by atoms with Crippen molar-refractivity contribution in [1.82, 2.24) is 0 Å². The first-order chi connectivity index (χ1) is 9.01. The Balaban J connectivity index is 2.38. The van der Waals surface area contributed by atoms with Gasteiger partial charge in [-0.3, -0.25) is 0 Å². The van der Waals surface area contributed by atoms with Crippen molar-refractivity contribution in [3.63, 3.8) is 0 Å². The van der Waals surface area contributed by atoms with Crippen molar-refractivity contribution in [2.75, 3.05) is 20.8 Å². The van der Waals surface area contributed by atoms with Gasteiger partial charge in [0.15, 0.2) is 11.5 Å². The highest BCUT2D eigenvalue weighted by Gasteiger charge is 2.38. The first-order valence-corrected chi connectivity index (χ1v) is 6.33. The predicted molar refractivity (Wildman–Crippen MR) is 70.0 cm³/mol. The van der Waals surface area contributed by atoms with Gasteiger partial charge in [0, 0.05) is 18.2 Å². The summed E-state index contributed by atoms with van der Waals surface area (Å²) in [5.41, 5.74) is 6.05. The van der Waals surface area contributed by atoms with Gasteiger partial charge in [0.1, 0.15) is 5.82 Å². The SMILES string of the molecule is COc1cc(F)c(C(N)C2(C)CCCO2)cc1OC. The minimum Gasteiger partial charge on any atom is -0.493 e. The largest absolute Gasteiger partial charge is 0.493 e. The molecule has 2 rings (SSSR count). The zero-order valence-electron chi connectivity index (χ0n) is 11.5. The lowest BCUT2D eigenvalue weighted by Crippen LogP contribution is -2.38. The van der Waals surface area contributed by atoms with Crippen molar-refractivity contribution >= 4 is 0 Å². The Morgan fingerprint density at radius 1 is 1.32 bits per heavy atom. The summed E-state index contributed by atoms with van der Waals surface area (Å²) < 4.78 is 30.1. The zero-order chi connectivity index (χ0) is 14.0. The van der Waals surface area contributed by atoms with Gasteiger partial charge in [0.25, 0.3) is 0 Å². The Kier molecular flexibility index (Phi) is 3.96. The van der Waals surface area contributed by atoms with E-state index in [2.05, 4.69) is 0 Å². The molecular weight excluding hydrogens is 249 g/mol. The highest BCUT2D eigenvalue weighted by atomic mass is 19.1. The van der Waals surface area contributed by atoms with Crippen LogP contribution >= 0.6 is 0 Å². The maximum atomic E-state index is 14.2. The molecule has 1 aromatic rings. The number of methoxy groups -OCH3 is 2. The van der Waals surface area contributed by atoms with E-state index in [0.29, 0.717) is 23.7 Å². The summed E-state index contributed by atoms with van der Waals surface area (Å²) in [5.74, 6) is 0.422. The van der Waals surface area contributed by atoms with Crippen LogP contribution in [-0.2, 0) is 4.74 Å². The summed E-state index contributed by atoms with van der Waals surface area (Å²) >= 11 is 0. The Hall–Kier alpha value is -1.33. The van der Waals surface area contributed by atoms with Crippen LogP contribution in [0.5, 0.6) is 11.5 Å². The summed E-state index contributed by atoms with van der Waals surface area (Å²) in [7, 11) is 2.98. The van der Waals surface area contributed by atoms with E-state index in [4.69, 9.17) is 19.9 Å². The van der Waals surface area contributed by atoms with Gasteiger partial charge in [0.2, 0.25) is 0 Å². The van der Waals surface area contributed by atoms with E-state index in [0.717, 1.165) is 12.8 Å². The molecule has 106 valence electrons. The summed E-state index contributed by atoms with van der Waals surface area (Å²) in [6.45, 7) is 2.58. The molecule has 1 aliphatic rings. The second-order valence-electron chi connectivity index (χ2n) is 4.97. The lowest BCUT2D eigenvalue weighted by atomic mass is 9.88. The van der Waals surface area contributed by atoms with Gasteiger partial charge in [0.05, 0.1) is 25.9 Å². The van der Waals surface area contributed by atoms with Crippen LogP contribution in [0.1, 0.15) is 31.4 Å². The van der Waals surface area contributed by atoms with Crippen LogP contribution in [0.4, 0.5) is 4.39 Å². The first kappa shape index (κ1) is 14.1. The van der Waals surface area contributed by atoms with Crippen molar-refractivity contribution < 1.29 is 18.6 Å². The molecule has 0 bridgehead atoms. The quantitative estimate of drug-likeness (QED) is 0.912. The molecule has 0 saturated carbocycles. The highest BCUT2D eigenvalue weighted by Crippen LogP contribution is 2.39. The zero-order valence-corrected chi connectivity index (χ0v) is 11.5. The molecule has 5 heteroatoms. The molecule has 1 aromatic carbocycles. The van der Waals surface area contributed by atoms with Gasteiger partial charge in [-0.15, -0.1) is 0 Å². The van der Waals surface area contributed by atoms with Gasteiger partial charge in [-0.05, 0) is 25.8 Å². The van der Waals surface area contributed by atoms with Gasteiger partial charge in [-0.2, -0.15) is 0 Å². The third-order valence-corrected chi connectivity index (χ3v) is 3.75. The van der Waals surface area contributed by atoms with Crippen LogP contribution in [0, 0.1) is 5.82 Å². The monoisotopic (exact) mass is 269 g/mol. The minimum absolute atomic E-state index is 0.355. The Labute approximate surface area is 112 Å². The van der Waals surface area contributed by atoms with Crippen molar-refractivity contribution in [2.45, 2.75) is 31.4 Å². The smallest absolute Gasteiger partial charge is 0.163 e. The van der Waals surface area contributed by atoms with Crippen molar-refractivity contribution in [3.05, 3.63) is 23.5 Å². The third kappa shape index (κ3) is 2.53. The third-order valence-electron chi connectivity index (χ3n) is 3.75. The van der Waals surface area contributed by atoms with E-state index < -0.39 is 17.5 Å². The molecule has 19 heavy (non-hydrogen) atoms. The molecule has 0 spiro atoms. The molecule has 2 unspecified atom stereocenters. The summed E-state index contributed by atoms with van der Waals surface area (Å²) in [4.78, 5) is 0. The standard InChI is InChI=1S/C14H20FNO3/c1-14(5-4-6-19-14)13(16)9-7-11(17-2)12(18-3)8-10(9)15/h7-8,13H,4-6,16H2,1-3H3. The molecule has 4 nitrogen and oxygen atoms in total. The van der Waals surface area contributed by atoms with E-state index in [1.807, 2.05) is 6.92 Å². The predicted octanol–water partition coefficient (Wildman–Crippen LogP) is 2.41. The molecule has 1 heterocycles. The molecule has 1 fully saturated rings. The Morgan fingerprint density at radius 2 is 1.95 bits per heavy atom. The van der Waals surface area contributed by atoms with Crippen molar-refractivity contribution in [3.8, 4) is 11.5 Å². The Morgan fingerprint density at radius 3 is 2.47 bits per heavy atom. The molecule has 1 aliphatic heterocycles. The maximum Gasteiger partial charge on any atom is 0.163 e. The van der Waals surface area contributed by atoms with Gasteiger partial charge >= 0.3 is 0 Å². The number of benzene rings is 1. The van der Waals surface area contributed by atoms with E-state index in [1.165, 1.54) is 20.3 Å². The molecular formula is C14H20FNO3. The second kappa shape index (κ2) is 5.35. The van der Waals surface area contributed by atoms with E-state index in [9.17, 15) is 4.39 Å². The van der Waals surface area contributed by atoms with Crippen LogP contribution in [-0.4, -0.2) is 26.4 Å². The molecule has 2 atom stereocenters. The van der Waals surface area contributed by atoms with Crippen LogP contribution in [0.15, 0.2) is 12.1 Å². The van der Waals surface area contributed by atoms with Crippen molar-refractivity contribution in [2.24, 2.45) is 5.73 Å². The lowest BCUT2D eigenvalue weighted by Gasteiger charge is -2.31. The van der Waals surface area contributed by atoms with E-state index >= 15 is 0 Å². The highest BCUT2D eigenvalue weighted by molar-refractivity contribution is 5.45. The topological polar surface area (TPSA) is 53.7 Å². The number of hydrogen-bond acceptors (Lipinski definition) is 4. The number of halogens is 1. The molecule has 0 amide bonds. The number of ether oxygens (including phenoxy) is 3. The lowest BCUT2D eigenvalue weighted by molar-refractivity contribution is -0.00263. The van der Waals surface area contributed by atoms with E-state index in [-0.39, 0.29) is 0 Å². The average Bonchev–Trinajstić information content (AvgIpc) is 2.85. The normalized spacial score (nSPS) is 24.3. The molecule has 0 aliphatic carbocycles. The van der Waals surface area contributed by atoms with Crippen LogP contribution in [0.3, 0.4) is 0 Å². The summed E-state index contributed by atoms with van der Waals surface area (Å²) in [5, 5.41) is 0. The summed E-state index contributed by atoms with van der Waals surface area (Å²) in [6, 6.07) is 2.35. The fourth-order valence-corrected chi connectivity index (χ4v) is 2.48. The average molecular weight is 269 g/mol. The van der Waals surface area contributed by atoms with Gasteiger partial charge in [-0.25, -0.2) is 4.39 Å². The number of hydrogen-bond donors (Lipinski definition) is 1. The van der Waals surface area contributed by atoms with E-state index in [1.54, 1.807) is 6.07 Å². The van der Waals surface area contributed by atoms with Crippen LogP contribution < -0.4 is 15.2 Å². The Bertz CT molecular complexity index is 458. The van der Waals surface area contributed by atoms with Gasteiger partial charge in [-0.1, -0.05) is 0 Å². The fourth-order valence-electron chi connectivity index (χ4n) is 2.48. The maximum absolute atomic E-state index is 14.2. The van der Waals surface area contributed by atoms with Gasteiger partial charge < -0.3 is 19.9 Å². The fraction of sp³-hybridized carbons (Fsp3) is 0.571. The first-order valence-electron chi connectivity index (χ1n) is 6.33. The molecule has 2 N–H and O–H groups in total. The molecule has 1 saturated heterocycles. The van der Waals surface area contributed by atoms with Crippen LogP contribution in [0.25, 0.3) is 0 Å².